The van der Waals surface area contributed by atoms with Crippen LogP contribution in [-0.2, 0) is 30.1 Å². The summed E-state index contributed by atoms with van der Waals surface area (Å²) < 4.78 is 18.6. The first kappa shape index (κ1) is 30.7. The van der Waals surface area contributed by atoms with Crippen LogP contribution in [0.5, 0.6) is 0 Å². The number of aliphatic hydroxyl groups excluding tert-OH is 2. The summed E-state index contributed by atoms with van der Waals surface area (Å²) in [7, 11) is -2.14. The molecule has 0 radical (unpaired) electrons. The number of hydrogen-bond acceptors (Lipinski definition) is 8. The number of Topliss-reactive ketones (excluding diaryl/α,β-unsaturated/α-hetero) is 2. The molecular weight excluding hydrogens is 502 g/mol. The van der Waals surface area contributed by atoms with Gasteiger partial charge in [-0.15, -0.1) is 0 Å². The standard InChI is InChI=1S/C29H45NO7Si/c1-18(23-20(31)14-29(5,6)15-21(23)32)30-24-26(34)25(33)22(17-36-38(7,8)28(2,3)4)37-27(24)35-16-19-12-10-9-11-13-19/h9-13,22,24-27,30,33-34H,14-17H2,1-8H3/t22-,24+,25-,26-,27+/m1/s1. The number of carbonyl (C=O) groups is 2. The van der Waals surface area contributed by atoms with Gasteiger partial charge in [0.05, 0.1) is 18.8 Å². The van der Waals surface area contributed by atoms with Crippen LogP contribution in [-0.4, -0.2) is 67.3 Å². The van der Waals surface area contributed by atoms with Crippen molar-refractivity contribution in [1.29, 1.82) is 0 Å². The summed E-state index contributed by atoms with van der Waals surface area (Å²) in [6, 6.07) is 8.64. The lowest BCUT2D eigenvalue weighted by atomic mass is 9.73. The van der Waals surface area contributed by atoms with Gasteiger partial charge in [0.2, 0.25) is 0 Å². The second kappa shape index (κ2) is 11.7. The maximum Gasteiger partial charge on any atom is 0.192 e. The van der Waals surface area contributed by atoms with Crippen LogP contribution in [0.15, 0.2) is 41.6 Å². The summed E-state index contributed by atoms with van der Waals surface area (Å²) in [5, 5.41) is 25.3. The Morgan fingerprint density at radius 2 is 1.66 bits per heavy atom. The van der Waals surface area contributed by atoms with E-state index in [1.807, 2.05) is 44.2 Å². The van der Waals surface area contributed by atoms with Crippen LogP contribution in [0.4, 0.5) is 0 Å². The Balaban J connectivity index is 1.84. The molecular formula is C29H45NO7Si. The Morgan fingerprint density at radius 1 is 1.08 bits per heavy atom. The molecule has 1 saturated carbocycles. The molecule has 0 unspecified atom stereocenters. The molecule has 3 N–H and O–H groups in total. The Morgan fingerprint density at radius 3 is 2.21 bits per heavy atom. The fourth-order valence-corrected chi connectivity index (χ4v) is 5.64. The van der Waals surface area contributed by atoms with Crippen LogP contribution < -0.4 is 5.32 Å². The Labute approximate surface area is 227 Å². The molecule has 3 rings (SSSR count). The molecule has 5 atom stereocenters. The highest BCUT2D eigenvalue weighted by atomic mass is 28.4. The van der Waals surface area contributed by atoms with Gasteiger partial charge in [0.15, 0.2) is 26.2 Å². The van der Waals surface area contributed by atoms with Crippen molar-refractivity contribution >= 4 is 19.9 Å². The maximum atomic E-state index is 12.8. The van der Waals surface area contributed by atoms with E-state index in [2.05, 4.69) is 39.2 Å². The fraction of sp³-hybridized carbons (Fsp3) is 0.655. The maximum absolute atomic E-state index is 12.8. The second-order valence-electron chi connectivity index (χ2n) is 12.9. The summed E-state index contributed by atoms with van der Waals surface area (Å²) in [4.78, 5) is 25.7. The number of ketones is 2. The van der Waals surface area contributed by atoms with Crippen molar-refractivity contribution in [3.63, 3.8) is 0 Å². The SMILES string of the molecule is CC(N[C@@H]1[C@@H](OCc2ccccc2)O[C@H](CO[Si](C)(C)C(C)(C)C)[C@@H](O)[C@@H]1O)=C1C(=O)CC(C)(C)CC1=O. The minimum absolute atomic E-state index is 0.0323. The first-order chi connectivity index (χ1) is 17.5. The average molecular weight is 548 g/mol. The third-order valence-corrected chi connectivity index (χ3v) is 12.5. The molecule has 1 saturated heterocycles. The van der Waals surface area contributed by atoms with Gasteiger partial charge in [0.1, 0.15) is 24.4 Å². The first-order valence-electron chi connectivity index (χ1n) is 13.4. The van der Waals surface area contributed by atoms with Gasteiger partial charge in [-0.05, 0) is 36.0 Å². The van der Waals surface area contributed by atoms with E-state index in [-0.39, 0.29) is 53.6 Å². The highest BCUT2D eigenvalue weighted by Crippen LogP contribution is 2.38. The van der Waals surface area contributed by atoms with Gasteiger partial charge in [-0.2, -0.15) is 0 Å². The summed E-state index contributed by atoms with van der Waals surface area (Å²) in [6.45, 7) is 16.4. The molecule has 0 bridgehead atoms. The molecule has 8 nitrogen and oxygen atoms in total. The summed E-state index contributed by atoms with van der Waals surface area (Å²) >= 11 is 0. The zero-order valence-corrected chi connectivity index (χ0v) is 25.0. The largest absolute Gasteiger partial charge is 0.414 e. The van der Waals surface area contributed by atoms with Crippen molar-refractivity contribution in [2.45, 2.75) is 110 Å². The van der Waals surface area contributed by atoms with Gasteiger partial charge in [0.25, 0.3) is 0 Å². The van der Waals surface area contributed by atoms with Gasteiger partial charge in [-0.1, -0.05) is 65.0 Å². The lowest BCUT2D eigenvalue weighted by molar-refractivity contribution is -0.272. The number of ether oxygens (including phenoxy) is 2. The minimum atomic E-state index is -2.14. The zero-order valence-electron chi connectivity index (χ0n) is 24.0. The van der Waals surface area contributed by atoms with Gasteiger partial charge in [-0.3, -0.25) is 9.59 Å². The second-order valence-corrected chi connectivity index (χ2v) is 17.7. The van der Waals surface area contributed by atoms with E-state index in [9.17, 15) is 19.8 Å². The molecule has 2 aliphatic rings. The highest BCUT2D eigenvalue weighted by Gasteiger charge is 2.47. The third-order valence-electron chi connectivity index (χ3n) is 7.97. The van der Waals surface area contributed by atoms with Crippen molar-refractivity contribution in [2.75, 3.05) is 6.61 Å². The Bertz CT molecular complexity index is 1010. The van der Waals surface area contributed by atoms with E-state index in [0.717, 1.165) is 5.56 Å². The molecule has 1 aromatic rings. The van der Waals surface area contributed by atoms with Crippen LogP contribution in [0.3, 0.4) is 0 Å². The molecule has 1 aliphatic heterocycles. The number of carbonyl (C=O) groups excluding carboxylic acids is 2. The highest BCUT2D eigenvalue weighted by molar-refractivity contribution is 6.74. The lowest BCUT2D eigenvalue weighted by Crippen LogP contribution is -2.64. The molecule has 0 spiro atoms. The van der Waals surface area contributed by atoms with Crippen molar-refractivity contribution in [1.82, 2.24) is 5.32 Å². The summed E-state index contributed by atoms with van der Waals surface area (Å²) in [6.07, 6.45) is -3.81. The van der Waals surface area contributed by atoms with Crippen molar-refractivity contribution in [3.8, 4) is 0 Å². The quantitative estimate of drug-likeness (QED) is 0.255. The molecule has 1 aliphatic carbocycles. The van der Waals surface area contributed by atoms with Gasteiger partial charge in [-0.25, -0.2) is 0 Å². The smallest absolute Gasteiger partial charge is 0.192 e. The van der Waals surface area contributed by atoms with Crippen molar-refractivity contribution in [2.24, 2.45) is 5.41 Å². The average Bonchev–Trinajstić information content (AvgIpc) is 2.79. The molecule has 0 amide bonds. The number of allylic oxidation sites excluding steroid dienone is 2. The van der Waals surface area contributed by atoms with Gasteiger partial charge in [0, 0.05) is 18.5 Å². The van der Waals surface area contributed by atoms with Crippen LogP contribution >= 0.6 is 0 Å². The number of benzene rings is 1. The molecule has 38 heavy (non-hydrogen) atoms. The van der Waals surface area contributed by atoms with E-state index in [0.29, 0.717) is 5.70 Å². The van der Waals surface area contributed by atoms with E-state index in [4.69, 9.17) is 13.9 Å². The van der Waals surface area contributed by atoms with Crippen LogP contribution in [0, 0.1) is 5.41 Å². The first-order valence-corrected chi connectivity index (χ1v) is 16.3. The van der Waals surface area contributed by atoms with Crippen LogP contribution in [0.1, 0.15) is 59.9 Å². The van der Waals surface area contributed by atoms with E-state index >= 15 is 0 Å². The number of aliphatic hydroxyl groups is 2. The lowest BCUT2D eigenvalue weighted by Gasteiger charge is -2.45. The molecule has 9 heteroatoms. The number of rotatable bonds is 8. The van der Waals surface area contributed by atoms with E-state index in [1.165, 1.54) is 0 Å². The van der Waals surface area contributed by atoms with E-state index < -0.39 is 39.0 Å². The normalized spacial score (nSPS) is 28.4. The van der Waals surface area contributed by atoms with Gasteiger partial charge < -0.3 is 29.4 Å². The third kappa shape index (κ3) is 7.19. The van der Waals surface area contributed by atoms with Crippen LogP contribution in [0.25, 0.3) is 0 Å². The Kier molecular flexibility index (Phi) is 9.44. The van der Waals surface area contributed by atoms with Gasteiger partial charge >= 0.3 is 0 Å². The van der Waals surface area contributed by atoms with Crippen molar-refractivity contribution in [3.05, 3.63) is 47.2 Å². The zero-order chi connectivity index (χ0) is 28.5. The Hall–Kier alpha value is -1.88. The summed E-state index contributed by atoms with van der Waals surface area (Å²) in [5.41, 5.74) is 0.982. The monoisotopic (exact) mass is 547 g/mol. The minimum Gasteiger partial charge on any atom is -0.414 e. The van der Waals surface area contributed by atoms with Crippen LogP contribution in [0.2, 0.25) is 18.1 Å². The number of hydrogen-bond donors (Lipinski definition) is 3. The topological polar surface area (TPSA) is 114 Å². The molecule has 1 heterocycles. The predicted octanol–water partition coefficient (Wildman–Crippen LogP) is 3.86. The number of nitrogens with one attached hydrogen (secondary N) is 1. The van der Waals surface area contributed by atoms with E-state index in [1.54, 1.807) is 6.92 Å². The summed E-state index contributed by atoms with van der Waals surface area (Å²) in [5.74, 6) is -0.462. The predicted molar refractivity (Wildman–Crippen MR) is 148 cm³/mol. The molecule has 0 aromatic heterocycles. The molecule has 2 fully saturated rings. The molecule has 1 aromatic carbocycles. The fourth-order valence-electron chi connectivity index (χ4n) is 4.63. The van der Waals surface area contributed by atoms with Crippen molar-refractivity contribution < 1.29 is 33.7 Å². The molecule has 212 valence electrons.